The van der Waals surface area contributed by atoms with Crippen LogP contribution in [-0.2, 0) is 17.8 Å². The van der Waals surface area contributed by atoms with E-state index in [1.165, 1.54) is 5.56 Å². The first-order chi connectivity index (χ1) is 15.1. The molecule has 0 spiro atoms. The SMILES string of the molecule is CC.CC.CCCN.CN(C(=O)OCc1ccccc1)C1CCCc2c(N)cccc21. The van der Waals surface area contributed by atoms with Gasteiger partial charge in [-0.05, 0) is 55.0 Å². The molecule has 4 N–H and O–H groups in total. The predicted molar refractivity (Wildman–Crippen MR) is 133 cm³/mol. The number of rotatable bonds is 4. The molecule has 0 bridgehead atoms. The molecule has 2 aromatic rings. The van der Waals surface area contributed by atoms with E-state index in [2.05, 4.69) is 13.0 Å². The Morgan fingerprint density at radius 2 is 1.68 bits per heavy atom. The van der Waals surface area contributed by atoms with Crippen LogP contribution >= 0.6 is 0 Å². The number of nitrogens with two attached hydrogens (primary N) is 2. The van der Waals surface area contributed by atoms with Crippen molar-refractivity contribution in [2.24, 2.45) is 5.73 Å². The molecule has 1 aliphatic rings. The lowest BCUT2D eigenvalue weighted by molar-refractivity contribution is 0.0876. The quantitative estimate of drug-likeness (QED) is 0.557. The lowest BCUT2D eigenvalue weighted by atomic mass is 9.86. The number of amides is 1. The number of carbonyl (C=O) groups excluding carboxylic acids is 1. The Balaban J connectivity index is 0.000000992. The van der Waals surface area contributed by atoms with Crippen LogP contribution in [0.15, 0.2) is 48.5 Å². The van der Waals surface area contributed by atoms with Crippen LogP contribution in [0, 0.1) is 0 Å². The van der Waals surface area contributed by atoms with Crippen LogP contribution in [0.2, 0.25) is 0 Å². The van der Waals surface area contributed by atoms with Crippen LogP contribution in [-0.4, -0.2) is 24.6 Å². The van der Waals surface area contributed by atoms with Gasteiger partial charge in [0.25, 0.3) is 0 Å². The number of anilines is 1. The molecule has 0 aromatic heterocycles. The van der Waals surface area contributed by atoms with Crippen molar-refractivity contribution in [2.75, 3.05) is 19.3 Å². The highest BCUT2D eigenvalue weighted by Gasteiger charge is 2.28. The van der Waals surface area contributed by atoms with Crippen LogP contribution in [0.5, 0.6) is 0 Å². The standard InChI is InChI=1S/C19H22N2O2.C3H9N.2C2H6/c1-21(19(22)23-13-14-7-3-2-4-8-14)18-12-6-9-15-16(18)10-5-11-17(15)20;1-2-3-4;2*1-2/h2-5,7-8,10-11,18H,6,9,12-13,20H2,1H3;2-4H2,1H3;2*1-2H3. The van der Waals surface area contributed by atoms with Crippen molar-refractivity contribution >= 4 is 11.8 Å². The number of nitrogens with zero attached hydrogens (tertiary/aromatic N) is 1. The number of fused-ring (bicyclic) bond motifs is 1. The molecule has 174 valence electrons. The van der Waals surface area contributed by atoms with Gasteiger partial charge in [0, 0.05) is 12.7 Å². The Morgan fingerprint density at radius 3 is 2.26 bits per heavy atom. The van der Waals surface area contributed by atoms with Gasteiger partial charge < -0.3 is 21.1 Å². The molecule has 1 atom stereocenters. The second-order valence-electron chi connectivity index (χ2n) is 6.76. The highest BCUT2D eigenvalue weighted by molar-refractivity contribution is 5.68. The zero-order valence-electron chi connectivity index (χ0n) is 20.4. The van der Waals surface area contributed by atoms with E-state index in [4.69, 9.17) is 16.2 Å². The molecule has 3 rings (SSSR count). The fourth-order valence-electron chi connectivity index (χ4n) is 3.20. The van der Waals surface area contributed by atoms with Gasteiger partial charge in [-0.1, -0.05) is 77.1 Å². The Morgan fingerprint density at radius 1 is 1.06 bits per heavy atom. The molecule has 1 amide bonds. The Labute approximate surface area is 189 Å². The molecule has 31 heavy (non-hydrogen) atoms. The first-order valence-electron chi connectivity index (χ1n) is 11.6. The molecule has 0 saturated heterocycles. The van der Waals surface area contributed by atoms with Gasteiger partial charge in [-0.3, -0.25) is 0 Å². The van der Waals surface area contributed by atoms with Crippen molar-refractivity contribution in [1.29, 1.82) is 0 Å². The van der Waals surface area contributed by atoms with Gasteiger partial charge in [-0.25, -0.2) is 4.79 Å². The van der Waals surface area contributed by atoms with E-state index in [0.717, 1.165) is 49.0 Å². The summed E-state index contributed by atoms with van der Waals surface area (Å²) < 4.78 is 5.44. The van der Waals surface area contributed by atoms with Gasteiger partial charge in [0.2, 0.25) is 0 Å². The van der Waals surface area contributed by atoms with Crippen molar-refractivity contribution < 1.29 is 9.53 Å². The molecule has 2 aromatic carbocycles. The zero-order valence-corrected chi connectivity index (χ0v) is 20.4. The van der Waals surface area contributed by atoms with E-state index >= 15 is 0 Å². The first kappa shape index (κ1) is 28.5. The van der Waals surface area contributed by atoms with Crippen molar-refractivity contribution in [3.8, 4) is 0 Å². The van der Waals surface area contributed by atoms with Gasteiger partial charge >= 0.3 is 6.09 Å². The summed E-state index contributed by atoms with van der Waals surface area (Å²) in [7, 11) is 1.80. The summed E-state index contributed by atoms with van der Waals surface area (Å²) in [6, 6.07) is 15.7. The van der Waals surface area contributed by atoms with Gasteiger partial charge in [0.15, 0.2) is 0 Å². The summed E-state index contributed by atoms with van der Waals surface area (Å²) in [5.74, 6) is 0. The molecule has 1 unspecified atom stereocenters. The maximum absolute atomic E-state index is 12.4. The number of hydrogen-bond donors (Lipinski definition) is 2. The summed E-state index contributed by atoms with van der Waals surface area (Å²) in [4.78, 5) is 14.1. The molecular formula is C26H43N3O2. The minimum atomic E-state index is -0.297. The van der Waals surface area contributed by atoms with Gasteiger partial charge in [-0.2, -0.15) is 0 Å². The van der Waals surface area contributed by atoms with Crippen LogP contribution in [0.25, 0.3) is 0 Å². The second kappa shape index (κ2) is 17.2. The summed E-state index contributed by atoms with van der Waals surface area (Å²) in [6.45, 7) is 11.2. The van der Waals surface area contributed by atoms with Crippen LogP contribution in [0.4, 0.5) is 10.5 Å². The molecule has 0 aliphatic heterocycles. The molecule has 5 heteroatoms. The van der Waals surface area contributed by atoms with E-state index in [9.17, 15) is 4.79 Å². The lowest BCUT2D eigenvalue weighted by Crippen LogP contribution is -2.34. The van der Waals surface area contributed by atoms with Crippen molar-refractivity contribution in [1.82, 2.24) is 4.90 Å². The number of carbonyl (C=O) groups is 1. The smallest absolute Gasteiger partial charge is 0.410 e. The minimum Gasteiger partial charge on any atom is -0.445 e. The molecule has 1 aliphatic carbocycles. The second-order valence-corrected chi connectivity index (χ2v) is 6.76. The van der Waals surface area contributed by atoms with Crippen molar-refractivity contribution in [3.05, 3.63) is 65.2 Å². The average Bonchev–Trinajstić information content (AvgIpc) is 2.85. The number of benzene rings is 2. The normalized spacial score (nSPS) is 13.6. The van der Waals surface area contributed by atoms with Crippen molar-refractivity contribution in [2.45, 2.75) is 73.0 Å². The number of ether oxygens (including phenoxy) is 1. The zero-order chi connectivity index (χ0) is 23.6. The maximum atomic E-state index is 12.4. The van der Waals surface area contributed by atoms with Gasteiger partial charge in [-0.15, -0.1) is 0 Å². The largest absolute Gasteiger partial charge is 0.445 e. The monoisotopic (exact) mass is 429 g/mol. The Bertz CT molecular complexity index is 718. The third kappa shape index (κ3) is 9.43. The van der Waals surface area contributed by atoms with E-state index in [0.29, 0.717) is 6.61 Å². The van der Waals surface area contributed by atoms with Crippen LogP contribution in [0.3, 0.4) is 0 Å². The van der Waals surface area contributed by atoms with E-state index in [1.54, 1.807) is 11.9 Å². The summed E-state index contributed by atoms with van der Waals surface area (Å²) in [6.07, 6.45) is 3.75. The fourth-order valence-corrected chi connectivity index (χ4v) is 3.20. The van der Waals surface area contributed by atoms with E-state index in [1.807, 2.05) is 70.2 Å². The highest BCUT2D eigenvalue weighted by atomic mass is 16.6. The van der Waals surface area contributed by atoms with Gasteiger partial charge in [0.1, 0.15) is 6.61 Å². The minimum absolute atomic E-state index is 0.0329. The number of nitrogen functional groups attached to an aromatic ring is 1. The van der Waals surface area contributed by atoms with Crippen LogP contribution in [0.1, 0.15) is 76.6 Å². The predicted octanol–water partition coefficient (Wildman–Crippen LogP) is 6.32. The molecule has 0 radical (unpaired) electrons. The third-order valence-electron chi connectivity index (χ3n) is 4.76. The first-order valence-corrected chi connectivity index (χ1v) is 11.6. The lowest BCUT2D eigenvalue weighted by Gasteiger charge is -2.33. The third-order valence-corrected chi connectivity index (χ3v) is 4.76. The van der Waals surface area contributed by atoms with E-state index in [-0.39, 0.29) is 12.1 Å². The molecule has 0 heterocycles. The molecule has 0 fully saturated rings. The molecule has 0 saturated carbocycles. The summed E-state index contributed by atoms with van der Waals surface area (Å²) >= 11 is 0. The van der Waals surface area contributed by atoms with Crippen LogP contribution < -0.4 is 11.5 Å². The Hall–Kier alpha value is -2.53. The molecular weight excluding hydrogens is 386 g/mol. The van der Waals surface area contributed by atoms with Crippen molar-refractivity contribution in [3.63, 3.8) is 0 Å². The maximum Gasteiger partial charge on any atom is 0.410 e. The summed E-state index contributed by atoms with van der Waals surface area (Å²) in [5, 5.41) is 0. The van der Waals surface area contributed by atoms with Gasteiger partial charge in [0.05, 0.1) is 6.04 Å². The summed E-state index contributed by atoms with van der Waals surface area (Å²) in [5.41, 5.74) is 15.2. The topological polar surface area (TPSA) is 81.6 Å². The fraction of sp³-hybridized carbons (Fsp3) is 0.500. The Kier molecular flexibility index (Phi) is 15.8. The molecule has 5 nitrogen and oxygen atoms in total. The average molecular weight is 430 g/mol. The van der Waals surface area contributed by atoms with E-state index < -0.39 is 0 Å². The highest BCUT2D eigenvalue weighted by Crippen LogP contribution is 2.36. The number of hydrogen-bond acceptors (Lipinski definition) is 4.